The summed E-state index contributed by atoms with van der Waals surface area (Å²) in [6.07, 6.45) is -0.428. The summed E-state index contributed by atoms with van der Waals surface area (Å²) in [6, 6.07) is 1.72. The predicted molar refractivity (Wildman–Crippen MR) is 64.2 cm³/mol. The van der Waals surface area contributed by atoms with Crippen LogP contribution in [0, 0.1) is 11.3 Å². The molecule has 1 atom stereocenters. The van der Waals surface area contributed by atoms with E-state index in [1.165, 1.54) is 16.1 Å². The fourth-order valence-corrected chi connectivity index (χ4v) is 2.88. The molecule has 7 nitrogen and oxygen atoms in total. The van der Waals surface area contributed by atoms with Gasteiger partial charge in [0.1, 0.15) is 0 Å². The van der Waals surface area contributed by atoms with E-state index in [1.807, 2.05) is 0 Å². The molecule has 1 heterocycles. The molecule has 0 spiro atoms. The van der Waals surface area contributed by atoms with Gasteiger partial charge in [-0.2, -0.15) is 9.57 Å². The Morgan fingerprint density at radius 2 is 1.94 bits per heavy atom. The third-order valence-corrected chi connectivity index (χ3v) is 4.84. The lowest BCUT2D eigenvalue weighted by atomic mass is 10.4. The molecule has 0 N–H and O–H groups in total. The van der Waals surface area contributed by atoms with Gasteiger partial charge >= 0.3 is 6.09 Å². The van der Waals surface area contributed by atoms with Gasteiger partial charge in [-0.3, -0.25) is 0 Å². The highest BCUT2D eigenvalue weighted by Gasteiger charge is 2.32. The number of hydrogen-bond donors (Lipinski definition) is 0. The second-order valence-corrected chi connectivity index (χ2v) is 6.15. The molecule has 0 saturated carbocycles. The Bertz CT molecular complexity index is 435. The van der Waals surface area contributed by atoms with Crippen LogP contribution in [0.4, 0.5) is 4.79 Å². The predicted octanol–water partition coefficient (Wildman–Crippen LogP) is 0.00238. The monoisotopic (exact) mass is 275 g/mol. The van der Waals surface area contributed by atoms with Gasteiger partial charge in [-0.25, -0.2) is 13.2 Å². The van der Waals surface area contributed by atoms with Gasteiger partial charge in [0.25, 0.3) is 0 Å². The van der Waals surface area contributed by atoms with Crippen molar-refractivity contribution in [3.05, 3.63) is 0 Å². The minimum Gasteiger partial charge on any atom is -0.450 e. The number of carbonyl (C=O) groups is 1. The fourth-order valence-electron chi connectivity index (χ4n) is 1.63. The van der Waals surface area contributed by atoms with Crippen molar-refractivity contribution in [3.63, 3.8) is 0 Å². The average molecular weight is 275 g/mol. The van der Waals surface area contributed by atoms with Crippen LogP contribution in [0.1, 0.15) is 13.8 Å². The Morgan fingerprint density at radius 3 is 2.39 bits per heavy atom. The smallest absolute Gasteiger partial charge is 0.409 e. The van der Waals surface area contributed by atoms with Crippen LogP contribution in [0.15, 0.2) is 0 Å². The number of sulfonamides is 1. The van der Waals surface area contributed by atoms with Gasteiger partial charge in [0.2, 0.25) is 10.0 Å². The second kappa shape index (κ2) is 6.02. The van der Waals surface area contributed by atoms with Gasteiger partial charge in [0.05, 0.1) is 12.7 Å². The molecule has 0 radical (unpaired) electrons. The molecule has 1 amide bonds. The van der Waals surface area contributed by atoms with Crippen molar-refractivity contribution >= 4 is 16.1 Å². The molecule has 1 rings (SSSR count). The van der Waals surface area contributed by atoms with Gasteiger partial charge in [0, 0.05) is 26.2 Å². The highest BCUT2D eigenvalue weighted by Crippen LogP contribution is 2.12. The first-order valence-corrected chi connectivity index (χ1v) is 7.24. The zero-order chi connectivity index (χ0) is 13.8. The van der Waals surface area contributed by atoms with E-state index in [2.05, 4.69) is 0 Å². The summed E-state index contributed by atoms with van der Waals surface area (Å²) in [6.45, 7) is 4.34. The molecule has 1 aliphatic rings. The summed E-state index contributed by atoms with van der Waals surface area (Å²) in [7, 11) is -3.58. The van der Waals surface area contributed by atoms with E-state index in [0.717, 1.165) is 0 Å². The van der Waals surface area contributed by atoms with Crippen molar-refractivity contribution in [1.29, 1.82) is 5.26 Å². The van der Waals surface area contributed by atoms with Crippen LogP contribution in [0.2, 0.25) is 0 Å². The largest absolute Gasteiger partial charge is 0.450 e. The lowest BCUT2D eigenvalue weighted by Gasteiger charge is -2.33. The Labute approximate surface area is 107 Å². The second-order valence-electron chi connectivity index (χ2n) is 3.90. The molecule has 102 valence electrons. The molecular formula is C10H17N3O4S. The molecule has 0 aromatic heterocycles. The number of carbonyl (C=O) groups excluding carboxylic acids is 1. The highest BCUT2D eigenvalue weighted by molar-refractivity contribution is 7.89. The number of ether oxygens (including phenoxy) is 1. The summed E-state index contributed by atoms with van der Waals surface area (Å²) < 4.78 is 29.9. The van der Waals surface area contributed by atoms with E-state index < -0.39 is 21.4 Å². The maximum Gasteiger partial charge on any atom is 0.409 e. The van der Waals surface area contributed by atoms with E-state index >= 15 is 0 Å². The van der Waals surface area contributed by atoms with Gasteiger partial charge in [0.15, 0.2) is 5.25 Å². The van der Waals surface area contributed by atoms with E-state index in [-0.39, 0.29) is 26.2 Å². The molecule has 1 saturated heterocycles. The lowest BCUT2D eigenvalue weighted by Crippen LogP contribution is -2.52. The van der Waals surface area contributed by atoms with Crippen LogP contribution in [0.3, 0.4) is 0 Å². The summed E-state index contributed by atoms with van der Waals surface area (Å²) in [4.78, 5) is 12.9. The van der Waals surface area contributed by atoms with Gasteiger partial charge < -0.3 is 9.64 Å². The number of piperazine rings is 1. The zero-order valence-electron chi connectivity index (χ0n) is 10.5. The van der Waals surface area contributed by atoms with Gasteiger partial charge in [-0.05, 0) is 13.8 Å². The summed E-state index contributed by atoms with van der Waals surface area (Å²) >= 11 is 0. The molecule has 0 aromatic rings. The van der Waals surface area contributed by atoms with Crippen molar-refractivity contribution in [1.82, 2.24) is 9.21 Å². The molecule has 0 aromatic carbocycles. The van der Waals surface area contributed by atoms with Crippen molar-refractivity contribution in [3.8, 4) is 6.07 Å². The van der Waals surface area contributed by atoms with E-state index in [9.17, 15) is 13.2 Å². The number of rotatable bonds is 3. The minimum absolute atomic E-state index is 0.202. The van der Waals surface area contributed by atoms with Crippen molar-refractivity contribution in [2.45, 2.75) is 19.1 Å². The van der Waals surface area contributed by atoms with Gasteiger partial charge in [-0.15, -0.1) is 0 Å². The normalized spacial score (nSPS) is 19.1. The molecule has 1 unspecified atom stereocenters. The van der Waals surface area contributed by atoms with Crippen LogP contribution in [-0.2, 0) is 14.8 Å². The number of nitrogens with zero attached hydrogens (tertiary/aromatic N) is 3. The van der Waals surface area contributed by atoms with Gasteiger partial charge in [-0.1, -0.05) is 0 Å². The van der Waals surface area contributed by atoms with Crippen LogP contribution in [0.25, 0.3) is 0 Å². The van der Waals surface area contributed by atoms with Crippen LogP contribution < -0.4 is 0 Å². The summed E-state index contributed by atoms with van der Waals surface area (Å²) in [5.74, 6) is 0. The Morgan fingerprint density at radius 1 is 1.39 bits per heavy atom. The average Bonchev–Trinajstić information content (AvgIpc) is 2.38. The first-order chi connectivity index (χ1) is 8.43. The maximum absolute atomic E-state index is 11.9. The first-order valence-electron chi connectivity index (χ1n) is 5.73. The van der Waals surface area contributed by atoms with Crippen molar-refractivity contribution < 1.29 is 17.9 Å². The SMILES string of the molecule is CCOC(=O)N1CCN(S(=O)(=O)C(C)C#N)CC1. The van der Waals surface area contributed by atoms with Crippen LogP contribution in [0.5, 0.6) is 0 Å². The molecule has 8 heteroatoms. The molecule has 0 bridgehead atoms. The number of amides is 1. The summed E-state index contributed by atoms with van der Waals surface area (Å²) in [5.41, 5.74) is 0. The lowest BCUT2D eigenvalue weighted by molar-refractivity contribution is 0.0933. The fraction of sp³-hybridized carbons (Fsp3) is 0.800. The molecule has 1 aliphatic heterocycles. The van der Waals surface area contributed by atoms with Crippen LogP contribution in [-0.4, -0.2) is 61.8 Å². The topological polar surface area (TPSA) is 90.7 Å². The molecule has 1 fully saturated rings. The molecule has 18 heavy (non-hydrogen) atoms. The standard InChI is InChI=1S/C10H17N3O4S/c1-3-17-10(14)12-4-6-13(7-5-12)18(15,16)9(2)8-11/h9H,3-7H2,1-2H3. The van der Waals surface area contributed by atoms with Crippen molar-refractivity contribution in [2.24, 2.45) is 0 Å². The minimum atomic E-state index is -3.58. The summed E-state index contributed by atoms with van der Waals surface area (Å²) in [5, 5.41) is 7.61. The third-order valence-electron chi connectivity index (χ3n) is 2.75. The highest BCUT2D eigenvalue weighted by atomic mass is 32.2. The molecular weight excluding hydrogens is 258 g/mol. The van der Waals surface area contributed by atoms with E-state index in [1.54, 1.807) is 13.0 Å². The molecule has 0 aliphatic carbocycles. The van der Waals surface area contributed by atoms with Crippen molar-refractivity contribution in [2.75, 3.05) is 32.8 Å². The maximum atomic E-state index is 11.9. The van der Waals surface area contributed by atoms with Crippen LogP contribution >= 0.6 is 0 Å². The third kappa shape index (κ3) is 3.11. The first kappa shape index (κ1) is 14.7. The Hall–Kier alpha value is -1.33. The van der Waals surface area contributed by atoms with E-state index in [0.29, 0.717) is 6.61 Å². The number of hydrogen-bond acceptors (Lipinski definition) is 5. The Balaban J connectivity index is 2.60. The van der Waals surface area contributed by atoms with E-state index in [4.69, 9.17) is 10.00 Å². The number of nitriles is 1. The quantitative estimate of drug-likeness (QED) is 0.723. The zero-order valence-corrected chi connectivity index (χ0v) is 11.3. The Kier molecular flexibility index (Phi) is 4.93.